The smallest absolute Gasteiger partial charge is 0.251 e. The third-order valence-electron chi connectivity index (χ3n) is 5.37. The molecule has 0 spiro atoms. The molecule has 2 aromatic carbocycles. The molecule has 1 saturated heterocycles. The summed E-state index contributed by atoms with van der Waals surface area (Å²) in [5.41, 5.74) is 1.15. The van der Waals surface area contributed by atoms with Gasteiger partial charge in [-0.3, -0.25) is 4.79 Å². The number of nitrogens with one attached hydrogen (secondary N) is 1. The number of amides is 1. The molecule has 1 amide bonds. The minimum absolute atomic E-state index is 0.00457. The minimum Gasteiger partial charge on any atom is -0.495 e. The van der Waals surface area contributed by atoms with Crippen molar-refractivity contribution < 1.29 is 22.3 Å². The van der Waals surface area contributed by atoms with Gasteiger partial charge >= 0.3 is 0 Å². The predicted octanol–water partition coefficient (Wildman–Crippen LogP) is 3.37. The number of halogens is 1. The quantitative estimate of drug-likeness (QED) is 0.725. The fourth-order valence-corrected chi connectivity index (χ4v) is 5.53. The molecule has 8 heteroatoms. The van der Waals surface area contributed by atoms with Gasteiger partial charge in [0.15, 0.2) is 0 Å². The molecular weight excluding hydrogens is 407 g/mol. The van der Waals surface area contributed by atoms with Crippen LogP contribution in [-0.2, 0) is 16.4 Å². The number of hydrogen-bond acceptors (Lipinski definition) is 4. The number of carbonyl (C=O) groups is 1. The molecule has 162 valence electrons. The van der Waals surface area contributed by atoms with Crippen LogP contribution in [-0.4, -0.2) is 44.9 Å². The van der Waals surface area contributed by atoms with Gasteiger partial charge in [0, 0.05) is 24.7 Å². The van der Waals surface area contributed by atoms with E-state index in [0.29, 0.717) is 19.5 Å². The number of carbonyl (C=O) groups excluding carboxylic acids is 1. The van der Waals surface area contributed by atoms with E-state index in [-0.39, 0.29) is 34.0 Å². The van der Waals surface area contributed by atoms with Crippen molar-refractivity contribution in [1.29, 1.82) is 0 Å². The van der Waals surface area contributed by atoms with Gasteiger partial charge in [-0.05, 0) is 62.1 Å². The molecule has 0 aromatic heterocycles. The van der Waals surface area contributed by atoms with Crippen LogP contribution in [0.5, 0.6) is 5.75 Å². The Hall–Kier alpha value is -2.45. The average molecular weight is 435 g/mol. The van der Waals surface area contributed by atoms with Gasteiger partial charge in [0.2, 0.25) is 10.0 Å². The van der Waals surface area contributed by atoms with Crippen molar-refractivity contribution in [2.45, 2.75) is 43.5 Å². The van der Waals surface area contributed by atoms with Gasteiger partial charge in [0.1, 0.15) is 16.5 Å². The lowest BCUT2D eigenvalue weighted by atomic mass is 10.1. The molecule has 0 bridgehead atoms. The molecule has 1 heterocycles. The Labute approximate surface area is 177 Å². The van der Waals surface area contributed by atoms with E-state index in [9.17, 15) is 17.6 Å². The van der Waals surface area contributed by atoms with Gasteiger partial charge in [-0.2, -0.15) is 4.31 Å². The third-order valence-corrected chi connectivity index (χ3v) is 7.40. The van der Waals surface area contributed by atoms with Crippen LogP contribution in [0.15, 0.2) is 47.4 Å². The summed E-state index contributed by atoms with van der Waals surface area (Å²) >= 11 is 0. The number of rotatable bonds is 7. The van der Waals surface area contributed by atoms with Crippen LogP contribution < -0.4 is 10.1 Å². The number of methoxy groups -OCH3 is 1. The molecule has 1 atom stereocenters. The summed E-state index contributed by atoms with van der Waals surface area (Å²) in [5, 5.41) is 2.78. The molecule has 6 nitrogen and oxygen atoms in total. The van der Waals surface area contributed by atoms with E-state index >= 15 is 0 Å². The average Bonchev–Trinajstić information content (AvgIpc) is 2.74. The van der Waals surface area contributed by atoms with Crippen molar-refractivity contribution in [3.63, 3.8) is 0 Å². The van der Waals surface area contributed by atoms with E-state index in [1.54, 1.807) is 18.2 Å². The normalized spacial score (nSPS) is 17.5. The Kier molecular flexibility index (Phi) is 7.10. The second-order valence-electron chi connectivity index (χ2n) is 7.46. The second kappa shape index (κ2) is 9.57. The van der Waals surface area contributed by atoms with E-state index in [2.05, 4.69) is 5.32 Å². The molecule has 0 aliphatic carbocycles. The zero-order valence-corrected chi connectivity index (χ0v) is 18.0. The number of ether oxygens (including phenoxy) is 1. The second-order valence-corrected chi connectivity index (χ2v) is 9.32. The Morgan fingerprint density at radius 2 is 1.93 bits per heavy atom. The molecule has 30 heavy (non-hydrogen) atoms. The zero-order valence-electron chi connectivity index (χ0n) is 17.2. The summed E-state index contributed by atoms with van der Waals surface area (Å²) < 4.78 is 46.3. The Bertz CT molecular complexity index is 993. The van der Waals surface area contributed by atoms with Crippen LogP contribution in [0.3, 0.4) is 0 Å². The lowest BCUT2D eigenvalue weighted by molar-refractivity contribution is 0.0954. The molecule has 1 N–H and O–H groups in total. The Balaban J connectivity index is 1.76. The summed E-state index contributed by atoms with van der Waals surface area (Å²) in [6, 6.07) is 10.4. The SMILES string of the molecule is COc1ccc(C(=O)NCCc2ccc(F)cc2)cc1S(=O)(=O)N1CCCCC1C. The summed E-state index contributed by atoms with van der Waals surface area (Å²) in [7, 11) is -2.37. The Morgan fingerprint density at radius 1 is 1.20 bits per heavy atom. The number of hydrogen-bond donors (Lipinski definition) is 1. The van der Waals surface area contributed by atoms with Crippen LogP contribution in [0, 0.1) is 5.82 Å². The zero-order chi connectivity index (χ0) is 21.7. The van der Waals surface area contributed by atoms with E-state index in [4.69, 9.17) is 4.74 Å². The van der Waals surface area contributed by atoms with Crippen LogP contribution >= 0.6 is 0 Å². The highest BCUT2D eigenvalue weighted by Crippen LogP contribution is 2.31. The van der Waals surface area contributed by atoms with E-state index in [0.717, 1.165) is 24.8 Å². The monoisotopic (exact) mass is 434 g/mol. The summed E-state index contributed by atoms with van der Waals surface area (Å²) in [5.74, 6) is -0.462. The van der Waals surface area contributed by atoms with Gasteiger partial charge in [-0.25, -0.2) is 12.8 Å². The molecule has 0 saturated carbocycles. The van der Waals surface area contributed by atoms with E-state index in [1.807, 2.05) is 6.92 Å². The Morgan fingerprint density at radius 3 is 2.60 bits per heavy atom. The maximum atomic E-state index is 13.3. The largest absolute Gasteiger partial charge is 0.495 e. The van der Waals surface area contributed by atoms with Crippen LogP contribution in [0.4, 0.5) is 4.39 Å². The van der Waals surface area contributed by atoms with Gasteiger partial charge < -0.3 is 10.1 Å². The maximum absolute atomic E-state index is 13.3. The first-order valence-electron chi connectivity index (χ1n) is 10.1. The summed E-state index contributed by atoms with van der Waals surface area (Å²) in [6.45, 7) is 2.71. The third kappa shape index (κ3) is 4.99. The first-order chi connectivity index (χ1) is 14.3. The molecular formula is C22H27FN2O4S. The highest BCUT2D eigenvalue weighted by molar-refractivity contribution is 7.89. The summed E-state index contributed by atoms with van der Waals surface area (Å²) in [4.78, 5) is 12.6. The van der Waals surface area contributed by atoms with Gasteiger partial charge in [-0.15, -0.1) is 0 Å². The molecule has 1 unspecified atom stereocenters. The molecule has 1 fully saturated rings. The summed E-state index contributed by atoms with van der Waals surface area (Å²) in [6.07, 6.45) is 3.17. The van der Waals surface area contributed by atoms with Crippen molar-refractivity contribution in [2.24, 2.45) is 0 Å². The lowest BCUT2D eigenvalue weighted by Gasteiger charge is -2.32. The van der Waals surface area contributed by atoms with E-state index < -0.39 is 10.0 Å². The van der Waals surface area contributed by atoms with Crippen LogP contribution in [0.2, 0.25) is 0 Å². The van der Waals surface area contributed by atoms with Crippen molar-refractivity contribution >= 4 is 15.9 Å². The lowest BCUT2D eigenvalue weighted by Crippen LogP contribution is -2.42. The maximum Gasteiger partial charge on any atom is 0.251 e. The molecule has 1 aliphatic heterocycles. The standard InChI is InChI=1S/C22H27FN2O4S/c1-16-5-3-4-14-25(16)30(27,28)21-15-18(8-11-20(21)29-2)22(26)24-13-12-17-6-9-19(23)10-7-17/h6-11,15-16H,3-5,12-14H2,1-2H3,(H,24,26). The number of benzene rings is 2. The number of sulfonamides is 1. The first kappa shape index (κ1) is 22.2. The first-order valence-corrected chi connectivity index (χ1v) is 11.5. The van der Waals surface area contributed by atoms with Gasteiger partial charge in [0.05, 0.1) is 7.11 Å². The molecule has 0 radical (unpaired) electrons. The van der Waals surface area contributed by atoms with Crippen LogP contribution in [0.1, 0.15) is 42.1 Å². The topological polar surface area (TPSA) is 75.7 Å². The van der Waals surface area contributed by atoms with Gasteiger partial charge in [0.25, 0.3) is 5.91 Å². The highest BCUT2D eigenvalue weighted by atomic mass is 32.2. The number of piperidine rings is 1. The van der Waals surface area contributed by atoms with Crippen molar-refractivity contribution in [1.82, 2.24) is 9.62 Å². The predicted molar refractivity (Wildman–Crippen MR) is 113 cm³/mol. The molecule has 2 aromatic rings. The van der Waals surface area contributed by atoms with Crippen molar-refractivity contribution in [2.75, 3.05) is 20.2 Å². The molecule has 1 aliphatic rings. The van der Waals surface area contributed by atoms with Crippen molar-refractivity contribution in [3.05, 3.63) is 59.4 Å². The fourth-order valence-electron chi connectivity index (χ4n) is 3.65. The molecule has 3 rings (SSSR count). The van der Waals surface area contributed by atoms with Gasteiger partial charge in [-0.1, -0.05) is 18.6 Å². The highest BCUT2D eigenvalue weighted by Gasteiger charge is 2.33. The fraction of sp³-hybridized carbons (Fsp3) is 0.409. The number of nitrogens with zero attached hydrogens (tertiary/aromatic N) is 1. The minimum atomic E-state index is -3.78. The van der Waals surface area contributed by atoms with Crippen LogP contribution in [0.25, 0.3) is 0 Å². The van der Waals surface area contributed by atoms with Crippen molar-refractivity contribution in [3.8, 4) is 5.75 Å². The van der Waals surface area contributed by atoms with E-state index in [1.165, 1.54) is 35.7 Å².